The van der Waals surface area contributed by atoms with Gasteiger partial charge in [-0.05, 0) is 25.8 Å². The first-order valence-electron chi connectivity index (χ1n) is 4.47. The van der Waals surface area contributed by atoms with Gasteiger partial charge in [0.15, 0.2) is 0 Å². The molecule has 0 heterocycles. The topological polar surface area (TPSA) is 63.3 Å². The molecule has 0 saturated heterocycles. The summed E-state index contributed by atoms with van der Waals surface area (Å²) in [6.45, 7) is 4.46. The largest absolute Gasteiger partial charge is 0.490 e. The van der Waals surface area contributed by atoms with Gasteiger partial charge in [-0.1, -0.05) is 12.5 Å². The number of hydrogen-bond donors (Lipinski definition) is 2. The maximum absolute atomic E-state index is 10.6. The number of alkyl halides is 3. The van der Waals surface area contributed by atoms with E-state index in [-0.39, 0.29) is 0 Å². The number of rotatable bonds is 5. The first kappa shape index (κ1) is 16.4. The van der Waals surface area contributed by atoms with Crippen LogP contribution in [0.5, 0.6) is 0 Å². The van der Waals surface area contributed by atoms with Crippen molar-refractivity contribution in [1.29, 1.82) is 0 Å². The molecule has 15 heavy (non-hydrogen) atoms. The molecule has 0 amide bonds. The second-order valence-corrected chi connectivity index (χ2v) is 2.73. The number of allylic oxidation sites excluding steroid dienone is 1. The van der Waals surface area contributed by atoms with Crippen LogP contribution < -0.4 is 5.73 Å². The van der Waals surface area contributed by atoms with Crippen molar-refractivity contribution in [2.24, 2.45) is 5.73 Å². The van der Waals surface area contributed by atoms with E-state index in [9.17, 15) is 13.2 Å². The van der Waals surface area contributed by atoms with E-state index in [1.165, 1.54) is 12.8 Å². The summed E-state index contributed by atoms with van der Waals surface area (Å²) in [4.78, 5) is 8.90. The summed E-state index contributed by atoms with van der Waals surface area (Å²) in [6.07, 6.45) is 1.67. The lowest BCUT2D eigenvalue weighted by Gasteiger charge is -1.93. The molecule has 0 saturated carbocycles. The highest BCUT2D eigenvalue weighted by Gasteiger charge is 2.38. The standard InChI is InChI=1S/C7H15N.C2HF3O2/c1-2-3-4-5-6-7-8;3-2(4,5)1(6)7/h2H,1,3-8H2;(H,6,7). The van der Waals surface area contributed by atoms with Gasteiger partial charge in [-0.2, -0.15) is 13.2 Å². The minimum absolute atomic E-state index is 0.830. The molecule has 3 N–H and O–H groups in total. The highest BCUT2D eigenvalue weighted by Crippen LogP contribution is 2.13. The predicted molar refractivity (Wildman–Crippen MR) is 51.4 cm³/mol. The van der Waals surface area contributed by atoms with Crippen molar-refractivity contribution in [2.75, 3.05) is 6.54 Å². The highest BCUT2D eigenvalue weighted by atomic mass is 19.4. The maximum Gasteiger partial charge on any atom is 0.490 e. The SMILES string of the molecule is C=CCCCCCN.O=C(O)C(F)(F)F. The number of carboxylic acid groups (broad SMARTS) is 1. The number of hydrogen-bond acceptors (Lipinski definition) is 2. The van der Waals surface area contributed by atoms with Crippen molar-refractivity contribution in [2.45, 2.75) is 31.9 Å². The number of unbranched alkanes of at least 4 members (excludes halogenated alkanes) is 3. The molecule has 6 heteroatoms. The van der Waals surface area contributed by atoms with E-state index < -0.39 is 12.1 Å². The Morgan fingerprint density at radius 1 is 1.33 bits per heavy atom. The Bertz CT molecular complexity index is 181. The third kappa shape index (κ3) is 15.7. The van der Waals surface area contributed by atoms with E-state index in [4.69, 9.17) is 15.6 Å². The zero-order chi connectivity index (χ0) is 12.3. The minimum atomic E-state index is -5.08. The average molecular weight is 227 g/mol. The van der Waals surface area contributed by atoms with Crippen molar-refractivity contribution in [1.82, 2.24) is 0 Å². The fourth-order valence-corrected chi connectivity index (χ4v) is 0.610. The molecule has 3 nitrogen and oxygen atoms in total. The Morgan fingerprint density at radius 2 is 1.80 bits per heavy atom. The summed E-state index contributed by atoms with van der Waals surface area (Å²) in [6, 6.07) is 0. The molecule has 0 aliphatic rings. The van der Waals surface area contributed by atoms with E-state index >= 15 is 0 Å². The predicted octanol–water partition coefficient (Wildman–Crippen LogP) is 2.32. The highest BCUT2D eigenvalue weighted by molar-refractivity contribution is 5.73. The molecular formula is C9H16F3NO2. The van der Waals surface area contributed by atoms with Crippen molar-refractivity contribution in [3.63, 3.8) is 0 Å². The van der Waals surface area contributed by atoms with Crippen LogP contribution in [0, 0.1) is 0 Å². The summed E-state index contributed by atoms with van der Waals surface area (Å²) < 4.78 is 31.7. The van der Waals surface area contributed by atoms with Gasteiger partial charge in [0.1, 0.15) is 0 Å². The molecule has 0 unspecified atom stereocenters. The zero-order valence-electron chi connectivity index (χ0n) is 8.39. The van der Waals surface area contributed by atoms with Crippen molar-refractivity contribution < 1.29 is 23.1 Å². The molecule has 0 radical (unpaired) electrons. The number of halogens is 3. The van der Waals surface area contributed by atoms with Crippen molar-refractivity contribution in [3.8, 4) is 0 Å². The van der Waals surface area contributed by atoms with Crippen LogP contribution in [0.2, 0.25) is 0 Å². The number of nitrogens with two attached hydrogens (primary N) is 1. The lowest BCUT2D eigenvalue weighted by atomic mass is 10.2. The average Bonchev–Trinajstić information content (AvgIpc) is 2.12. The summed E-state index contributed by atoms with van der Waals surface area (Å²) in [7, 11) is 0. The van der Waals surface area contributed by atoms with E-state index in [1.54, 1.807) is 0 Å². The molecule has 0 aromatic carbocycles. The summed E-state index contributed by atoms with van der Waals surface area (Å²) in [5.41, 5.74) is 5.28. The zero-order valence-corrected chi connectivity index (χ0v) is 8.39. The molecule has 0 aliphatic carbocycles. The Hall–Kier alpha value is -1.04. The molecule has 0 aromatic rings. The molecular weight excluding hydrogens is 211 g/mol. The van der Waals surface area contributed by atoms with Crippen LogP contribution in [0.3, 0.4) is 0 Å². The second-order valence-electron chi connectivity index (χ2n) is 2.73. The van der Waals surface area contributed by atoms with Gasteiger partial charge >= 0.3 is 12.1 Å². The van der Waals surface area contributed by atoms with Gasteiger partial charge in [0.2, 0.25) is 0 Å². The van der Waals surface area contributed by atoms with Crippen LogP contribution in [0.1, 0.15) is 25.7 Å². The van der Waals surface area contributed by atoms with Gasteiger partial charge in [-0.15, -0.1) is 6.58 Å². The summed E-state index contributed by atoms with van der Waals surface area (Å²) >= 11 is 0. The number of carbonyl (C=O) groups is 1. The van der Waals surface area contributed by atoms with Gasteiger partial charge in [-0.3, -0.25) is 0 Å². The molecule has 0 spiro atoms. The molecule has 0 bridgehead atoms. The van der Waals surface area contributed by atoms with Crippen LogP contribution in [0.4, 0.5) is 13.2 Å². The Morgan fingerprint density at radius 3 is 2.07 bits per heavy atom. The molecule has 0 aliphatic heterocycles. The summed E-state index contributed by atoms with van der Waals surface area (Å²) in [5, 5.41) is 7.12. The third-order valence-electron chi connectivity index (χ3n) is 1.35. The number of carboxylic acids is 1. The summed E-state index contributed by atoms with van der Waals surface area (Å²) in [5.74, 6) is -2.76. The van der Waals surface area contributed by atoms with Gasteiger partial charge in [0.25, 0.3) is 0 Å². The van der Waals surface area contributed by atoms with Crippen LogP contribution in [-0.2, 0) is 4.79 Å². The smallest absolute Gasteiger partial charge is 0.475 e. The maximum atomic E-state index is 10.6. The van der Waals surface area contributed by atoms with E-state index in [2.05, 4.69) is 6.58 Å². The Balaban J connectivity index is 0. The van der Waals surface area contributed by atoms with Crippen molar-refractivity contribution in [3.05, 3.63) is 12.7 Å². The molecule has 0 aromatic heterocycles. The first-order chi connectivity index (χ1) is 6.86. The van der Waals surface area contributed by atoms with E-state index in [1.807, 2.05) is 6.08 Å². The monoisotopic (exact) mass is 227 g/mol. The van der Waals surface area contributed by atoms with E-state index in [0.717, 1.165) is 19.4 Å². The van der Waals surface area contributed by atoms with Crippen LogP contribution in [0.25, 0.3) is 0 Å². The Labute approximate surface area is 86.8 Å². The second kappa shape index (κ2) is 9.51. The van der Waals surface area contributed by atoms with Gasteiger partial charge in [0.05, 0.1) is 0 Å². The van der Waals surface area contributed by atoms with Gasteiger partial charge < -0.3 is 10.8 Å². The van der Waals surface area contributed by atoms with Gasteiger partial charge in [0, 0.05) is 0 Å². The van der Waals surface area contributed by atoms with Crippen LogP contribution in [0.15, 0.2) is 12.7 Å². The lowest BCUT2D eigenvalue weighted by molar-refractivity contribution is -0.192. The quantitative estimate of drug-likeness (QED) is 0.559. The minimum Gasteiger partial charge on any atom is -0.475 e. The molecule has 0 rings (SSSR count). The number of aliphatic carboxylic acids is 1. The molecule has 0 atom stereocenters. The van der Waals surface area contributed by atoms with Crippen molar-refractivity contribution >= 4 is 5.97 Å². The van der Waals surface area contributed by atoms with E-state index in [0.29, 0.717) is 0 Å². The first-order valence-corrected chi connectivity index (χ1v) is 4.47. The molecule has 90 valence electrons. The third-order valence-corrected chi connectivity index (χ3v) is 1.35. The lowest BCUT2D eigenvalue weighted by Crippen LogP contribution is -2.21. The fraction of sp³-hybridized carbons (Fsp3) is 0.667. The Kier molecular flexibility index (Phi) is 10.4. The fourth-order valence-electron chi connectivity index (χ4n) is 0.610. The molecule has 0 fully saturated rings. The van der Waals surface area contributed by atoms with Gasteiger partial charge in [-0.25, -0.2) is 4.79 Å². The van der Waals surface area contributed by atoms with Crippen LogP contribution in [-0.4, -0.2) is 23.8 Å². The van der Waals surface area contributed by atoms with Crippen LogP contribution >= 0.6 is 0 Å². The normalized spacial score (nSPS) is 10.1.